The van der Waals surface area contributed by atoms with E-state index in [1.807, 2.05) is 14.1 Å². The number of unbranched alkanes of at least 4 members (excludes halogenated alkanes) is 12. The van der Waals surface area contributed by atoms with E-state index in [0.717, 1.165) is 63.8 Å². The van der Waals surface area contributed by atoms with Gasteiger partial charge >= 0.3 is 5.97 Å². The first-order chi connectivity index (χ1) is 22.2. The first-order valence-corrected chi connectivity index (χ1v) is 20.3. The Hall–Kier alpha value is -1.28. The molecule has 0 aromatic carbocycles. The lowest BCUT2D eigenvalue weighted by Gasteiger charge is -2.23. The van der Waals surface area contributed by atoms with Crippen LogP contribution in [-0.2, 0) is 19.1 Å². The Labute approximate surface area is 289 Å². The van der Waals surface area contributed by atoms with Crippen molar-refractivity contribution >= 4 is 29.5 Å². The Bertz CT molecular complexity index is 735. The van der Waals surface area contributed by atoms with Gasteiger partial charge in [0, 0.05) is 18.2 Å². The smallest absolute Gasteiger partial charge is 0.306 e. The molecular formula is C38H75N3O4S. The van der Waals surface area contributed by atoms with Crippen molar-refractivity contribution in [3.63, 3.8) is 0 Å². The second-order valence-electron chi connectivity index (χ2n) is 13.9. The molecule has 0 aromatic rings. The zero-order chi connectivity index (χ0) is 34.3. The molecule has 0 radical (unpaired) electrons. The summed E-state index contributed by atoms with van der Waals surface area (Å²) in [6.45, 7) is 11.0. The maximum Gasteiger partial charge on any atom is 0.306 e. The molecule has 2 N–H and O–H groups in total. The SMILES string of the molecule is CCCCCCCCC(CCCCCC)C(=O)NC(CCSCCC(=O)OCCCCCCCC(C)C)C(=O)NCCCN(C)C. The maximum absolute atomic E-state index is 13.5. The lowest BCUT2D eigenvalue weighted by molar-refractivity contribution is -0.143. The topological polar surface area (TPSA) is 87.7 Å². The molecule has 272 valence electrons. The summed E-state index contributed by atoms with van der Waals surface area (Å²) in [7, 11) is 4.05. The summed E-state index contributed by atoms with van der Waals surface area (Å²) < 4.78 is 5.43. The third kappa shape index (κ3) is 28.9. The van der Waals surface area contributed by atoms with Crippen LogP contribution >= 0.6 is 11.8 Å². The van der Waals surface area contributed by atoms with Gasteiger partial charge in [-0.05, 0) is 64.4 Å². The van der Waals surface area contributed by atoms with Crippen LogP contribution in [0.15, 0.2) is 0 Å². The monoisotopic (exact) mass is 670 g/mol. The van der Waals surface area contributed by atoms with Gasteiger partial charge in [-0.15, -0.1) is 0 Å². The molecule has 2 atom stereocenters. The van der Waals surface area contributed by atoms with Crippen molar-refractivity contribution in [2.24, 2.45) is 11.8 Å². The molecule has 0 heterocycles. The van der Waals surface area contributed by atoms with Crippen LogP contribution in [0.5, 0.6) is 0 Å². The van der Waals surface area contributed by atoms with Crippen molar-refractivity contribution in [2.75, 3.05) is 45.3 Å². The van der Waals surface area contributed by atoms with Gasteiger partial charge in [-0.2, -0.15) is 11.8 Å². The van der Waals surface area contributed by atoms with Crippen molar-refractivity contribution in [3.05, 3.63) is 0 Å². The Morgan fingerprint density at radius 2 is 1.24 bits per heavy atom. The number of nitrogens with zero attached hydrogens (tertiary/aromatic N) is 1. The number of rotatable bonds is 33. The number of amides is 2. The second-order valence-corrected chi connectivity index (χ2v) is 15.2. The molecule has 7 nitrogen and oxygen atoms in total. The lowest BCUT2D eigenvalue weighted by Crippen LogP contribution is -2.49. The van der Waals surface area contributed by atoms with Gasteiger partial charge in [0.2, 0.25) is 11.8 Å². The molecule has 0 aromatic heterocycles. The van der Waals surface area contributed by atoms with E-state index in [9.17, 15) is 14.4 Å². The molecule has 0 saturated carbocycles. The van der Waals surface area contributed by atoms with Crippen LogP contribution in [0.25, 0.3) is 0 Å². The van der Waals surface area contributed by atoms with Crippen LogP contribution < -0.4 is 10.6 Å². The number of esters is 1. The molecule has 46 heavy (non-hydrogen) atoms. The van der Waals surface area contributed by atoms with Gasteiger partial charge in [0.05, 0.1) is 13.0 Å². The minimum absolute atomic E-state index is 0.0328. The van der Waals surface area contributed by atoms with Gasteiger partial charge in [0.25, 0.3) is 0 Å². The van der Waals surface area contributed by atoms with Gasteiger partial charge in [0.1, 0.15) is 6.04 Å². The number of hydrogen-bond donors (Lipinski definition) is 2. The molecular weight excluding hydrogens is 595 g/mol. The Morgan fingerprint density at radius 1 is 0.674 bits per heavy atom. The van der Waals surface area contributed by atoms with E-state index in [4.69, 9.17) is 4.74 Å². The van der Waals surface area contributed by atoms with E-state index in [1.165, 1.54) is 70.6 Å². The Kier molecular flexibility index (Phi) is 31.4. The summed E-state index contributed by atoms with van der Waals surface area (Å²) in [6, 6.07) is -0.547. The first kappa shape index (κ1) is 44.7. The van der Waals surface area contributed by atoms with Gasteiger partial charge < -0.3 is 20.3 Å². The number of ether oxygens (including phenoxy) is 1. The highest BCUT2D eigenvalue weighted by atomic mass is 32.2. The summed E-state index contributed by atoms with van der Waals surface area (Å²) in [5, 5.41) is 6.22. The first-order valence-electron chi connectivity index (χ1n) is 19.2. The third-order valence-electron chi connectivity index (χ3n) is 8.59. The van der Waals surface area contributed by atoms with Gasteiger partial charge in [0.15, 0.2) is 0 Å². The van der Waals surface area contributed by atoms with Crippen LogP contribution in [0.2, 0.25) is 0 Å². The number of nitrogens with one attached hydrogen (secondary N) is 2. The van der Waals surface area contributed by atoms with Gasteiger partial charge in [-0.3, -0.25) is 14.4 Å². The standard InChI is InChI=1S/C38H75N3O4S/c1-7-9-11-13-16-20-25-34(24-19-12-10-8-2)37(43)40-35(38(44)39-28-22-29-41(5)6)26-31-46-32-27-36(42)45-30-21-17-14-15-18-23-33(3)4/h33-35H,7-32H2,1-6H3,(H,39,44)(H,40,43). The largest absolute Gasteiger partial charge is 0.466 e. The van der Waals surface area contributed by atoms with Gasteiger partial charge in [-0.1, -0.05) is 124 Å². The highest BCUT2D eigenvalue weighted by molar-refractivity contribution is 7.99. The highest BCUT2D eigenvalue weighted by Crippen LogP contribution is 2.20. The van der Waals surface area contributed by atoms with Crippen molar-refractivity contribution in [1.29, 1.82) is 0 Å². The zero-order valence-corrected chi connectivity index (χ0v) is 31.9. The van der Waals surface area contributed by atoms with E-state index in [-0.39, 0.29) is 23.7 Å². The Balaban J connectivity index is 4.77. The molecule has 0 bridgehead atoms. The van der Waals surface area contributed by atoms with E-state index in [2.05, 4.69) is 43.2 Å². The number of hydrogen-bond acceptors (Lipinski definition) is 6. The van der Waals surface area contributed by atoms with Gasteiger partial charge in [-0.25, -0.2) is 0 Å². The fourth-order valence-electron chi connectivity index (χ4n) is 5.59. The van der Waals surface area contributed by atoms with Crippen molar-refractivity contribution in [1.82, 2.24) is 15.5 Å². The van der Waals surface area contributed by atoms with E-state index in [1.54, 1.807) is 11.8 Å². The summed E-state index contributed by atoms with van der Waals surface area (Å²) in [5.74, 6) is 1.91. The molecule has 8 heteroatoms. The molecule has 0 fully saturated rings. The predicted octanol–water partition coefficient (Wildman–Crippen LogP) is 8.93. The van der Waals surface area contributed by atoms with Crippen molar-refractivity contribution < 1.29 is 19.1 Å². The lowest BCUT2D eigenvalue weighted by atomic mass is 9.93. The molecule has 2 unspecified atom stereocenters. The van der Waals surface area contributed by atoms with Crippen LogP contribution in [0.1, 0.15) is 163 Å². The fourth-order valence-corrected chi connectivity index (χ4v) is 6.50. The van der Waals surface area contributed by atoms with Crippen LogP contribution in [0, 0.1) is 11.8 Å². The predicted molar refractivity (Wildman–Crippen MR) is 198 cm³/mol. The highest BCUT2D eigenvalue weighted by Gasteiger charge is 2.25. The average molecular weight is 670 g/mol. The maximum atomic E-state index is 13.5. The van der Waals surface area contributed by atoms with E-state index >= 15 is 0 Å². The van der Waals surface area contributed by atoms with Crippen LogP contribution in [0.3, 0.4) is 0 Å². The normalized spacial score (nSPS) is 12.8. The second kappa shape index (κ2) is 32.3. The minimum atomic E-state index is -0.547. The number of thioether (sulfide) groups is 1. The fraction of sp³-hybridized carbons (Fsp3) is 0.921. The molecule has 0 aliphatic carbocycles. The zero-order valence-electron chi connectivity index (χ0n) is 31.1. The number of carbonyl (C=O) groups is 3. The summed E-state index contributed by atoms with van der Waals surface area (Å²) in [5.41, 5.74) is 0. The van der Waals surface area contributed by atoms with Crippen LogP contribution in [-0.4, -0.2) is 74.0 Å². The summed E-state index contributed by atoms with van der Waals surface area (Å²) in [4.78, 5) is 41.1. The molecule has 0 spiro atoms. The third-order valence-corrected chi connectivity index (χ3v) is 9.60. The molecule has 2 amide bonds. The van der Waals surface area contributed by atoms with Crippen molar-refractivity contribution in [2.45, 2.75) is 169 Å². The molecule has 0 saturated heterocycles. The average Bonchev–Trinajstić information content (AvgIpc) is 3.02. The molecule has 0 rings (SSSR count). The summed E-state index contributed by atoms with van der Waals surface area (Å²) in [6.07, 6.45) is 22.6. The molecule has 0 aliphatic heterocycles. The quantitative estimate of drug-likeness (QED) is 0.0536. The van der Waals surface area contributed by atoms with Crippen LogP contribution in [0.4, 0.5) is 0 Å². The molecule has 0 aliphatic rings. The summed E-state index contributed by atoms with van der Waals surface area (Å²) >= 11 is 1.65. The van der Waals surface area contributed by atoms with E-state index in [0.29, 0.717) is 37.5 Å². The van der Waals surface area contributed by atoms with E-state index < -0.39 is 6.04 Å². The minimum Gasteiger partial charge on any atom is -0.466 e. The number of carbonyl (C=O) groups excluding carboxylic acids is 3. The van der Waals surface area contributed by atoms with Crippen molar-refractivity contribution in [3.8, 4) is 0 Å². The Morgan fingerprint density at radius 3 is 1.85 bits per heavy atom.